The summed E-state index contributed by atoms with van der Waals surface area (Å²) in [5.41, 5.74) is -0.764. The Morgan fingerprint density at radius 3 is 1.79 bits per heavy atom. The van der Waals surface area contributed by atoms with Gasteiger partial charge in [0.15, 0.2) is 0 Å². The van der Waals surface area contributed by atoms with Crippen LogP contribution in [0, 0.1) is 16.7 Å². The van der Waals surface area contributed by atoms with Gasteiger partial charge in [0.1, 0.15) is 18.1 Å². The SMILES string of the molecule is CCC(CC)C(=O)N[C@H](C(=O)N[C@@H](CC(=O)N1CCCC1)C(=O)N[C@@H](CC(=O)NCCC(C)(C)C)C(=O)O)C(C)(C)C. The van der Waals surface area contributed by atoms with Crippen molar-refractivity contribution in [3.8, 4) is 0 Å². The average molecular weight is 596 g/mol. The van der Waals surface area contributed by atoms with E-state index in [9.17, 15) is 33.9 Å². The van der Waals surface area contributed by atoms with Gasteiger partial charge in [0.25, 0.3) is 0 Å². The zero-order valence-electron chi connectivity index (χ0n) is 26.7. The lowest BCUT2D eigenvalue weighted by Crippen LogP contribution is -2.60. The summed E-state index contributed by atoms with van der Waals surface area (Å²) in [7, 11) is 0. The molecule has 0 aromatic rings. The van der Waals surface area contributed by atoms with Gasteiger partial charge in [0.2, 0.25) is 29.5 Å². The minimum absolute atomic E-state index is 0.0284. The number of nitrogens with zero attached hydrogens (tertiary/aromatic N) is 1. The van der Waals surface area contributed by atoms with Crippen molar-refractivity contribution in [1.29, 1.82) is 0 Å². The van der Waals surface area contributed by atoms with E-state index in [4.69, 9.17) is 0 Å². The molecule has 1 saturated heterocycles. The molecule has 12 nitrogen and oxygen atoms in total. The zero-order chi connectivity index (χ0) is 32.3. The Kier molecular flexibility index (Phi) is 14.4. The van der Waals surface area contributed by atoms with Crippen molar-refractivity contribution in [2.24, 2.45) is 16.7 Å². The Bertz CT molecular complexity index is 960. The second-order valence-corrected chi connectivity index (χ2v) is 13.4. The summed E-state index contributed by atoms with van der Waals surface area (Å²) in [5.74, 6) is -4.45. The van der Waals surface area contributed by atoms with Gasteiger partial charge in [-0.1, -0.05) is 55.4 Å². The molecule has 0 bridgehead atoms. The van der Waals surface area contributed by atoms with Gasteiger partial charge in [0, 0.05) is 25.6 Å². The van der Waals surface area contributed by atoms with E-state index in [0.717, 1.165) is 12.8 Å². The molecule has 0 aromatic heterocycles. The normalized spacial score (nSPS) is 15.9. The van der Waals surface area contributed by atoms with E-state index in [1.165, 1.54) is 0 Å². The molecule has 0 unspecified atom stereocenters. The molecule has 5 amide bonds. The predicted molar refractivity (Wildman–Crippen MR) is 159 cm³/mol. The summed E-state index contributed by atoms with van der Waals surface area (Å²) in [6, 6.07) is -4.00. The van der Waals surface area contributed by atoms with Crippen molar-refractivity contribution >= 4 is 35.5 Å². The molecular weight excluding hydrogens is 542 g/mol. The van der Waals surface area contributed by atoms with Crippen LogP contribution < -0.4 is 21.3 Å². The van der Waals surface area contributed by atoms with E-state index < -0.39 is 53.7 Å². The second kappa shape index (κ2) is 16.5. The number of carbonyl (C=O) groups is 6. The van der Waals surface area contributed by atoms with E-state index in [0.29, 0.717) is 38.9 Å². The molecule has 0 saturated carbocycles. The van der Waals surface area contributed by atoms with Crippen LogP contribution in [0.2, 0.25) is 0 Å². The zero-order valence-corrected chi connectivity index (χ0v) is 26.7. The van der Waals surface area contributed by atoms with Gasteiger partial charge in [-0.3, -0.25) is 24.0 Å². The number of rotatable bonds is 15. The summed E-state index contributed by atoms with van der Waals surface area (Å²) < 4.78 is 0. The fourth-order valence-corrected chi connectivity index (χ4v) is 4.64. The first kappa shape index (κ1) is 36.8. The van der Waals surface area contributed by atoms with Crippen LogP contribution in [0.3, 0.4) is 0 Å². The van der Waals surface area contributed by atoms with Crippen molar-refractivity contribution in [2.75, 3.05) is 19.6 Å². The minimum atomic E-state index is -1.57. The maximum atomic E-state index is 13.5. The fourth-order valence-electron chi connectivity index (χ4n) is 4.64. The van der Waals surface area contributed by atoms with Crippen LogP contribution in [0.25, 0.3) is 0 Å². The van der Waals surface area contributed by atoms with Gasteiger partial charge in [-0.25, -0.2) is 4.79 Å². The molecule has 1 aliphatic rings. The Morgan fingerprint density at radius 1 is 0.762 bits per heavy atom. The van der Waals surface area contributed by atoms with Gasteiger partial charge in [-0.05, 0) is 42.9 Å². The minimum Gasteiger partial charge on any atom is -0.480 e. The molecule has 240 valence electrons. The first-order valence-corrected chi connectivity index (χ1v) is 15.1. The summed E-state index contributed by atoms with van der Waals surface area (Å²) in [4.78, 5) is 78.8. The maximum Gasteiger partial charge on any atom is 0.326 e. The molecule has 0 aromatic carbocycles. The largest absolute Gasteiger partial charge is 0.480 e. The molecule has 1 fully saturated rings. The molecule has 1 heterocycles. The number of carboxylic acid groups (broad SMARTS) is 1. The number of hydrogen-bond acceptors (Lipinski definition) is 6. The number of aliphatic carboxylic acids is 1. The number of hydrogen-bond donors (Lipinski definition) is 5. The predicted octanol–water partition coefficient (Wildman–Crippen LogP) is 1.96. The summed E-state index contributed by atoms with van der Waals surface area (Å²) in [5, 5.41) is 20.1. The van der Waals surface area contributed by atoms with Crippen LogP contribution in [0.1, 0.15) is 100 Å². The molecule has 1 rings (SSSR count). The van der Waals surface area contributed by atoms with Gasteiger partial charge >= 0.3 is 5.97 Å². The lowest BCUT2D eigenvalue weighted by Gasteiger charge is -2.33. The number of nitrogens with one attached hydrogen (secondary N) is 4. The first-order chi connectivity index (χ1) is 19.4. The maximum absolute atomic E-state index is 13.5. The number of amides is 5. The molecule has 0 aliphatic carbocycles. The van der Waals surface area contributed by atoms with E-state index >= 15 is 0 Å². The monoisotopic (exact) mass is 595 g/mol. The lowest BCUT2D eigenvalue weighted by molar-refractivity contribution is -0.144. The Balaban J connectivity index is 3.13. The summed E-state index contributed by atoms with van der Waals surface area (Å²) >= 11 is 0. The molecule has 12 heteroatoms. The smallest absolute Gasteiger partial charge is 0.326 e. The van der Waals surface area contributed by atoms with Crippen molar-refractivity contribution in [1.82, 2.24) is 26.2 Å². The quantitative estimate of drug-likeness (QED) is 0.192. The molecular formula is C30H53N5O7. The van der Waals surface area contributed by atoms with Gasteiger partial charge in [-0.15, -0.1) is 0 Å². The van der Waals surface area contributed by atoms with Gasteiger partial charge in [0.05, 0.1) is 12.8 Å². The third-order valence-corrected chi connectivity index (χ3v) is 7.44. The summed E-state index contributed by atoms with van der Waals surface area (Å²) in [6.07, 6.45) is 2.62. The molecule has 42 heavy (non-hydrogen) atoms. The van der Waals surface area contributed by atoms with Crippen LogP contribution in [-0.4, -0.2) is 83.3 Å². The van der Waals surface area contributed by atoms with Gasteiger partial charge in [-0.2, -0.15) is 0 Å². The fraction of sp³-hybridized carbons (Fsp3) is 0.800. The Morgan fingerprint density at radius 2 is 1.31 bits per heavy atom. The van der Waals surface area contributed by atoms with Crippen molar-refractivity contribution in [2.45, 2.75) is 118 Å². The molecule has 0 spiro atoms. The molecule has 1 aliphatic heterocycles. The third kappa shape index (κ3) is 12.8. The average Bonchev–Trinajstić information content (AvgIpc) is 3.40. The van der Waals surface area contributed by atoms with Crippen LogP contribution >= 0.6 is 0 Å². The summed E-state index contributed by atoms with van der Waals surface area (Å²) in [6.45, 7) is 16.5. The van der Waals surface area contributed by atoms with E-state index in [1.54, 1.807) is 25.7 Å². The third-order valence-electron chi connectivity index (χ3n) is 7.44. The topological polar surface area (TPSA) is 174 Å². The van der Waals surface area contributed by atoms with Gasteiger partial charge < -0.3 is 31.3 Å². The molecule has 5 N–H and O–H groups in total. The van der Waals surface area contributed by atoms with Crippen molar-refractivity contribution in [3.63, 3.8) is 0 Å². The highest BCUT2D eigenvalue weighted by atomic mass is 16.4. The van der Waals surface area contributed by atoms with Crippen LogP contribution in [-0.2, 0) is 28.8 Å². The van der Waals surface area contributed by atoms with Crippen LogP contribution in [0.4, 0.5) is 0 Å². The van der Waals surface area contributed by atoms with Crippen molar-refractivity contribution < 1.29 is 33.9 Å². The van der Waals surface area contributed by atoms with E-state index in [-0.39, 0.29) is 29.6 Å². The standard InChI is InChI=1S/C30H53N5O7/c1-9-19(10-2)25(38)34-24(30(6,7)8)27(40)32-20(18-23(37)35-15-11-12-16-35)26(39)33-21(28(41)42)17-22(36)31-14-13-29(3,4)5/h19-21,24H,9-18H2,1-8H3,(H,31,36)(H,32,40)(H,33,39)(H,34,38)(H,41,42)/t20-,21-,24+/m0/s1. The van der Waals surface area contributed by atoms with Crippen LogP contribution in [0.5, 0.6) is 0 Å². The highest BCUT2D eigenvalue weighted by molar-refractivity contribution is 5.97. The lowest BCUT2D eigenvalue weighted by atomic mass is 9.85. The first-order valence-electron chi connectivity index (χ1n) is 15.1. The highest BCUT2D eigenvalue weighted by Gasteiger charge is 2.38. The Labute approximate surface area is 250 Å². The molecule has 0 radical (unpaired) electrons. The Hall–Kier alpha value is -3.18. The van der Waals surface area contributed by atoms with Crippen LogP contribution in [0.15, 0.2) is 0 Å². The second-order valence-electron chi connectivity index (χ2n) is 13.4. The number of carbonyl (C=O) groups excluding carboxylic acids is 5. The highest BCUT2D eigenvalue weighted by Crippen LogP contribution is 2.22. The number of carboxylic acids is 1. The molecule has 3 atom stereocenters. The number of likely N-dealkylation sites (tertiary alicyclic amines) is 1. The van der Waals surface area contributed by atoms with Crippen molar-refractivity contribution in [3.05, 3.63) is 0 Å². The van der Waals surface area contributed by atoms with E-state index in [2.05, 4.69) is 21.3 Å². The van der Waals surface area contributed by atoms with E-state index in [1.807, 2.05) is 34.6 Å².